The average molecular weight is 360 g/mol. The number of nitrogens with one attached hydrogen (secondary N) is 1. The van der Waals surface area contributed by atoms with Crippen molar-refractivity contribution in [3.8, 4) is 17.0 Å². The Bertz CT molecular complexity index is 1030. The molecule has 3 aromatic heterocycles. The summed E-state index contributed by atoms with van der Waals surface area (Å²) < 4.78 is 6.92. The number of carbonyl (C=O) groups is 1. The minimum absolute atomic E-state index is 0.194. The highest BCUT2D eigenvalue weighted by atomic mass is 16.5. The molecule has 134 valence electrons. The first-order valence-electron chi connectivity index (χ1n) is 8.33. The van der Waals surface area contributed by atoms with Gasteiger partial charge in [0.15, 0.2) is 11.5 Å². The summed E-state index contributed by atoms with van der Waals surface area (Å²) in [6, 6.07) is 12.8. The number of aromatic nitrogens is 5. The fourth-order valence-electron chi connectivity index (χ4n) is 2.64. The Morgan fingerprint density at radius 3 is 2.74 bits per heavy atom. The van der Waals surface area contributed by atoms with Crippen molar-refractivity contribution in [1.29, 1.82) is 0 Å². The number of hydrogen-bond acceptors (Lipinski definition) is 6. The van der Waals surface area contributed by atoms with Crippen molar-refractivity contribution in [3.05, 3.63) is 78.8 Å². The van der Waals surface area contributed by atoms with E-state index < -0.39 is 0 Å². The van der Waals surface area contributed by atoms with E-state index in [0.29, 0.717) is 5.76 Å². The van der Waals surface area contributed by atoms with E-state index in [4.69, 9.17) is 4.52 Å². The number of rotatable bonds is 5. The van der Waals surface area contributed by atoms with Crippen LogP contribution in [0.5, 0.6) is 0 Å². The van der Waals surface area contributed by atoms with Gasteiger partial charge in [-0.15, -0.1) is 0 Å². The molecular weight excluding hydrogens is 344 g/mol. The molecule has 27 heavy (non-hydrogen) atoms. The van der Waals surface area contributed by atoms with Crippen LogP contribution in [-0.2, 0) is 0 Å². The number of nitrogens with zero attached hydrogens (tertiary/aromatic N) is 5. The summed E-state index contributed by atoms with van der Waals surface area (Å²) >= 11 is 0. The predicted molar refractivity (Wildman–Crippen MR) is 97.0 cm³/mol. The van der Waals surface area contributed by atoms with Gasteiger partial charge in [-0.2, -0.15) is 5.10 Å². The molecule has 0 radical (unpaired) electrons. The topological polar surface area (TPSA) is 98.7 Å². The lowest BCUT2D eigenvalue weighted by Gasteiger charge is -2.13. The summed E-state index contributed by atoms with van der Waals surface area (Å²) in [6.07, 6.45) is 6.43. The lowest BCUT2D eigenvalue weighted by atomic mass is 10.1. The van der Waals surface area contributed by atoms with Gasteiger partial charge in [0.25, 0.3) is 5.91 Å². The third-order valence-corrected chi connectivity index (χ3v) is 4.11. The second kappa shape index (κ2) is 7.20. The predicted octanol–water partition coefficient (Wildman–Crippen LogP) is 2.81. The monoisotopic (exact) mass is 360 g/mol. The maximum absolute atomic E-state index is 12.5. The molecule has 1 atom stereocenters. The standard InChI is InChI=1S/C19H16N6O2/c1-13(14-4-6-16(7-5-14)25-12-21-11-22-25)23-19(26)17-9-18(27-24-17)15-3-2-8-20-10-15/h2-13H,1H3,(H,23,26). The highest BCUT2D eigenvalue weighted by Crippen LogP contribution is 2.20. The Kier molecular flexibility index (Phi) is 4.44. The van der Waals surface area contributed by atoms with E-state index in [1.54, 1.807) is 35.5 Å². The summed E-state index contributed by atoms with van der Waals surface area (Å²) in [7, 11) is 0. The zero-order chi connectivity index (χ0) is 18.6. The Morgan fingerprint density at radius 1 is 1.19 bits per heavy atom. The van der Waals surface area contributed by atoms with Gasteiger partial charge >= 0.3 is 0 Å². The summed E-state index contributed by atoms with van der Waals surface area (Å²) in [4.78, 5) is 20.4. The van der Waals surface area contributed by atoms with Gasteiger partial charge in [-0.1, -0.05) is 17.3 Å². The average Bonchev–Trinajstić information content (AvgIpc) is 3.41. The molecule has 8 nitrogen and oxygen atoms in total. The minimum Gasteiger partial charge on any atom is -0.355 e. The first kappa shape index (κ1) is 16.6. The quantitative estimate of drug-likeness (QED) is 0.587. The van der Waals surface area contributed by atoms with Gasteiger partial charge in [0, 0.05) is 24.0 Å². The summed E-state index contributed by atoms with van der Waals surface area (Å²) in [5.41, 5.74) is 2.84. The molecule has 4 rings (SSSR count). The van der Waals surface area contributed by atoms with Gasteiger partial charge in [-0.3, -0.25) is 9.78 Å². The first-order valence-corrected chi connectivity index (χ1v) is 8.33. The van der Waals surface area contributed by atoms with E-state index in [0.717, 1.165) is 16.8 Å². The van der Waals surface area contributed by atoms with E-state index in [-0.39, 0.29) is 17.6 Å². The first-order chi connectivity index (χ1) is 13.2. The molecule has 1 amide bonds. The highest BCUT2D eigenvalue weighted by Gasteiger charge is 2.16. The van der Waals surface area contributed by atoms with Crippen LogP contribution in [-0.4, -0.2) is 30.8 Å². The number of carbonyl (C=O) groups excluding carboxylic acids is 1. The molecule has 1 unspecified atom stereocenters. The minimum atomic E-state index is -0.304. The van der Waals surface area contributed by atoms with E-state index in [2.05, 4.69) is 25.5 Å². The van der Waals surface area contributed by atoms with Crippen LogP contribution in [0.25, 0.3) is 17.0 Å². The van der Waals surface area contributed by atoms with Crippen molar-refractivity contribution in [1.82, 2.24) is 30.2 Å². The second-order valence-electron chi connectivity index (χ2n) is 5.94. The smallest absolute Gasteiger partial charge is 0.273 e. The van der Waals surface area contributed by atoms with Crippen LogP contribution in [0, 0.1) is 0 Å². The van der Waals surface area contributed by atoms with Crippen molar-refractivity contribution in [2.45, 2.75) is 13.0 Å². The van der Waals surface area contributed by atoms with Gasteiger partial charge in [-0.25, -0.2) is 9.67 Å². The van der Waals surface area contributed by atoms with Crippen LogP contribution >= 0.6 is 0 Å². The largest absolute Gasteiger partial charge is 0.355 e. The maximum Gasteiger partial charge on any atom is 0.273 e. The maximum atomic E-state index is 12.5. The molecule has 4 aromatic rings. The van der Waals surface area contributed by atoms with E-state index >= 15 is 0 Å². The van der Waals surface area contributed by atoms with Gasteiger partial charge in [0.2, 0.25) is 0 Å². The van der Waals surface area contributed by atoms with Crippen LogP contribution < -0.4 is 5.32 Å². The Hall–Kier alpha value is -3.81. The van der Waals surface area contributed by atoms with Crippen LogP contribution in [0.15, 0.2) is 72.0 Å². The number of hydrogen-bond donors (Lipinski definition) is 1. The molecule has 0 aliphatic rings. The molecule has 1 N–H and O–H groups in total. The third-order valence-electron chi connectivity index (χ3n) is 4.11. The van der Waals surface area contributed by atoms with Gasteiger partial charge < -0.3 is 9.84 Å². The highest BCUT2D eigenvalue weighted by molar-refractivity contribution is 5.93. The molecule has 0 aliphatic heterocycles. The lowest BCUT2D eigenvalue weighted by Crippen LogP contribution is -2.26. The molecule has 0 saturated heterocycles. The van der Waals surface area contributed by atoms with Gasteiger partial charge in [-0.05, 0) is 36.8 Å². The van der Waals surface area contributed by atoms with Crippen molar-refractivity contribution in [2.24, 2.45) is 0 Å². The van der Waals surface area contributed by atoms with Crippen molar-refractivity contribution in [2.75, 3.05) is 0 Å². The fraction of sp³-hybridized carbons (Fsp3) is 0.105. The van der Waals surface area contributed by atoms with Crippen molar-refractivity contribution < 1.29 is 9.32 Å². The van der Waals surface area contributed by atoms with E-state index in [1.165, 1.54) is 6.33 Å². The SMILES string of the molecule is CC(NC(=O)c1cc(-c2cccnc2)on1)c1ccc(-n2cncn2)cc1. The summed E-state index contributed by atoms with van der Waals surface area (Å²) in [5, 5.41) is 10.9. The number of amides is 1. The normalized spacial score (nSPS) is 11.9. The fourth-order valence-corrected chi connectivity index (χ4v) is 2.64. The van der Waals surface area contributed by atoms with Crippen LogP contribution in [0.1, 0.15) is 29.0 Å². The second-order valence-corrected chi connectivity index (χ2v) is 5.94. The molecule has 3 heterocycles. The van der Waals surface area contributed by atoms with Crippen LogP contribution in [0.2, 0.25) is 0 Å². The van der Waals surface area contributed by atoms with Gasteiger partial charge in [0.05, 0.1) is 11.7 Å². The van der Waals surface area contributed by atoms with E-state index in [1.807, 2.05) is 37.3 Å². The van der Waals surface area contributed by atoms with Gasteiger partial charge in [0.1, 0.15) is 12.7 Å². The zero-order valence-electron chi connectivity index (χ0n) is 14.5. The lowest BCUT2D eigenvalue weighted by molar-refractivity contribution is 0.0931. The molecule has 8 heteroatoms. The zero-order valence-corrected chi connectivity index (χ0v) is 14.5. The Balaban J connectivity index is 1.44. The molecule has 0 saturated carbocycles. The Morgan fingerprint density at radius 2 is 2.04 bits per heavy atom. The molecule has 0 fully saturated rings. The van der Waals surface area contributed by atoms with E-state index in [9.17, 15) is 4.79 Å². The molecule has 0 aliphatic carbocycles. The summed E-state index contributed by atoms with van der Waals surface area (Å²) in [5.74, 6) is 0.194. The third kappa shape index (κ3) is 3.59. The van der Waals surface area contributed by atoms with Crippen LogP contribution in [0.4, 0.5) is 0 Å². The van der Waals surface area contributed by atoms with Crippen molar-refractivity contribution in [3.63, 3.8) is 0 Å². The number of pyridine rings is 1. The van der Waals surface area contributed by atoms with Crippen molar-refractivity contribution >= 4 is 5.91 Å². The summed E-state index contributed by atoms with van der Waals surface area (Å²) in [6.45, 7) is 1.91. The molecule has 0 bridgehead atoms. The van der Waals surface area contributed by atoms with Crippen LogP contribution in [0.3, 0.4) is 0 Å². The molecule has 0 spiro atoms. The molecular formula is C19H16N6O2. The molecule has 1 aromatic carbocycles. The Labute approximate surface area is 154 Å². The number of benzene rings is 1.